The standard InChI is InChI=1S/C21H26N6O2/c1-14-6-7-18-15(12-14)13-17(21(28)22-18)19(26-8-10-29-11-9-26)20-23-24-25-27(20)16-4-2-3-5-16/h6-7,12-13,16,19H,2-5,8-11H2,1H3,(H,22,28)/p+1/t19-/m1/s1. The Morgan fingerprint density at radius 2 is 2.00 bits per heavy atom. The topological polar surface area (TPSA) is 90.1 Å². The molecule has 5 rings (SSSR count). The summed E-state index contributed by atoms with van der Waals surface area (Å²) in [4.78, 5) is 17.5. The van der Waals surface area contributed by atoms with Crippen LogP contribution in [0.15, 0.2) is 29.1 Å². The van der Waals surface area contributed by atoms with Crippen molar-refractivity contribution in [3.05, 3.63) is 51.6 Å². The van der Waals surface area contributed by atoms with E-state index < -0.39 is 0 Å². The minimum atomic E-state index is -0.205. The minimum Gasteiger partial charge on any atom is -0.370 e. The van der Waals surface area contributed by atoms with Crippen molar-refractivity contribution >= 4 is 10.9 Å². The van der Waals surface area contributed by atoms with E-state index in [0.717, 1.165) is 48.2 Å². The van der Waals surface area contributed by atoms with Gasteiger partial charge in [-0.15, -0.1) is 5.10 Å². The molecule has 0 spiro atoms. The zero-order chi connectivity index (χ0) is 19.8. The predicted octanol–water partition coefficient (Wildman–Crippen LogP) is 0.943. The SMILES string of the molecule is Cc1ccc2[nH]c(=O)c([C@H](c3nnnn3C3CCCC3)[NH+]3CCOCC3)cc2c1. The van der Waals surface area contributed by atoms with Gasteiger partial charge in [0.1, 0.15) is 13.1 Å². The molecule has 0 radical (unpaired) electrons. The second kappa shape index (κ2) is 7.68. The highest BCUT2D eigenvalue weighted by molar-refractivity contribution is 5.79. The second-order valence-electron chi connectivity index (χ2n) is 8.27. The Hall–Kier alpha value is -2.58. The van der Waals surface area contributed by atoms with Gasteiger partial charge in [-0.05, 0) is 53.8 Å². The Morgan fingerprint density at radius 1 is 1.21 bits per heavy atom. The van der Waals surface area contributed by atoms with E-state index in [1.807, 2.05) is 22.9 Å². The lowest BCUT2D eigenvalue weighted by Gasteiger charge is -2.31. The van der Waals surface area contributed by atoms with Gasteiger partial charge in [-0.1, -0.05) is 24.5 Å². The summed E-state index contributed by atoms with van der Waals surface area (Å²) < 4.78 is 7.57. The molecule has 3 aromatic rings. The molecule has 2 aromatic heterocycles. The van der Waals surface area contributed by atoms with E-state index in [1.165, 1.54) is 23.3 Å². The van der Waals surface area contributed by atoms with Gasteiger partial charge in [0.15, 0.2) is 6.04 Å². The third-order valence-electron chi connectivity index (χ3n) is 6.33. The molecule has 8 heteroatoms. The van der Waals surface area contributed by atoms with E-state index in [-0.39, 0.29) is 11.6 Å². The first kappa shape index (κ1) is 18.4. The Morgan fingerprint density at radius 3 is 2.79 bits per heavy atom. The van der Waals surface area contributed by atoms with Gasteiger partial charge in [-0.3, -0.25) is 4.79 Å². The van der Waals surface area contributed by atoms with Crippen molar-refractivity contribution in [2.45, 2.75) is 44.7 Å². The number of benzene rings is 1. The van der Waals surface area contributed by atoms with E-state index in [1.54, 1.807) is 0 Å². The molecule has 8 nitrogen and oxygen atoms in total. The molecule has 0 unspecified atom stereocenters. The maximum Gasteiger partial charge on any atom is 0.258 e. The molecule has 2 fully saturated rings. The van der Waals surface area contributed by atoms with Crippen molar-refractivity contribution in [3.8, 4) is 0 Å². The van der Waals surface area contributed by atoms with Crippen LogP contribution in [0.3, 0.4) is 0 Å². The molecule has 2 N–H and O–H groups in total. The number of aromatic nitrogens is 5. The maximum absolute atomic E-state index is 13.2. The molecule has 3 heterocycles. The van der Waals surface area contributed by atoms with Gasteiger partial charge in [0, 0.05) is 5.52 Å². The molecular weight excluding hydrogens is 368 g/mol. The van der Waals surface area contributed by atoms with Crippen molar-refractivity contribution in [2.24, 2.45) is 0 Å². The fourth-order valence-electron chi connectivity index (χ4n) is 4.82. The van der Waals surface area contributed by atoms with Crippen LogP contribution in [0, 0.1) is 6.92 Å². The summed E-state index contributed by atoms with van der Waals surface area (Å²) in [5, 5.41) is 13.8. The van der Waals surface area contributed by atoms with E-state index >= 15 is 0 Å². The number of fused-ring (bicyclic) bond motifs is 1. The smallest absolute Gasteiger partial charge is 0.258 e. The number of morpholine rings is 1. The quantitative estimate of drug-likeness (QED) is 0.686. The molecule has 0 amide bonds. The highest BCUT2D eigenvalue weighted by Gasteiger charge is 2.36. The van der Waals surface area contributed by atoms with Gasteiger partial charge in [0.25, 0.3) is 5.56 Å². The van der Waals surface area contributed by atoms with Crippen LogP contribution in [-0.2, 0) is 4.74 Å². The van der Waals surface area contributed by atoms with Gasteiger partial charge >= 0.3 is 0 Å². The Bertz CT molecular complexity index is 1060. The molecular formula is C21H27N6O2+. The first-order valence-electron chi connectivity index (χ1n) is 10.5. The van der Waals surface area contributed by atoms with Crippen LogP contribution in [0.4, 0.5) is 0 Å². The van der Waals surface area contributed by atoms with Gasteiger partial charge in [0.05, 0.1) is 24.8 Å². The van der Waals surface area contributed by atoms with Gasteiger partial charge in [-0.2, -0.15) is 0 Å². The summed E-state index contributed by atoms with van der Waals surface area (Å²) in [5.74, 6) is 0.798. The summed E-state index contributed by atoms with van der Waals surface area (Å²) in [7, 11) is 0. The van der Waals surface area contributed by atoms with Gasteiger partial charge < -0.3 is 14.6 Å². The number of tetrazole rings is 1. The fraction of sp³-hybridized carbons (Fsp3) is 0.524. The monoisotopic (exact) mass is 395 g/mol. The van der Waals surface area contributed by atoms with E-state index in [9.17, 15) is 4.79 Å². The molecule has 1 saturated heterocycles. The molecule has 2 aliphatic rings. The van der Waals surface area contributed by atoms with Crippen LogP contribution < -0.4 is 10.5 Å². The van der Waals surface area contributed by atoms with Crippen LogP contribution in [0.1, 0.15) is 54.7 Å². The van der Waals surface area contributed by atoms with Crippen molar-refractivity contribution in [2.75, 3.05) is 26.3 Å². The highest BCUT2D eigenvalue weighted by Crippen LogP contribution is 2.31. The number of hydrogen-bond acceptors (Lipinski definition) is 5. The normalized spacial score (nSPS) is 19.8. The number of H-pyrrole nitrogens is 1. The van der Waals surface area contributed by atoms with Crippen molar-refractivity contribution in [3.63, 3.8) is 0 Å². The molecule has 1 aliphatic carbocycles. The van der Waals surface area contributed by atoms with Crippen molar-refractivity contribution in [1.82, 2.24) is 25.2 Å². The summed E-state index contributed by atoms with van der Waals surface area (Å²) in [5.41, 5.74) is 2.69. The number of aryl methyl sites for hydroxylation is 1. The zero-order valence-electron chi connectivity index (χ0n) is 16.7. The molecule has 1 atom stereocenters. The molecule has 0 bridgehead atoms. The molecule has 152 valence electrons. The maximum atomic E-state index is 13.2. The van der Waals surface area contributed by atoms with Gasteiger partial charge in [0.2, 0.25) is 5.82 Å². The fourth-order valence-corrected chi connectivity index (χ4v) is 4.82. The van der Waals surface area contributed by atoms with Crippen molar-refractivity contribution in [1.29, 1.82) is 0 Å². The van der Waals surface area contributed by atoms with Crippen molar-refractivity contribution < 1.29 is 9.64 Å². The number of nitrogens with zero attached hydrogens (tertiary/aromatic N) is 4. The molecule has 29 heavy (non-hydrogen) atoms. The summed E-state index contributed by atoms with van der Waals surface area (Å²) in [6.45, 7) is 5.08. The number of aromatic amines is 1. The van der Waals surface area contributed by atoms with Gasteiger partial charge in [-0.25, -0.2) is 4.68 Å². The zero-order valence-corrected chi connectivity index (χ0v) is 16.7. The third kappa shape index (κ3) is 3.47. The number of rotatable bonds is 4. The highest BCUT2D eigenvalue weighted by atomic mass is 16.5. The van der Waals surface area contributed by atoms with E-state index in [0.29, 0.717) is 19.3 Å². The predicted molar refractivity (Wildman–Crippen MR) is 108 cm³/mol. The van der Waals surface area contributed by atoms with Crippen LogP contribution >= 0.6 is 0 Å². The van der Waals surface area contributed by atoms with Crippen LogP contribution in [0.5, 0.6) is 0 Å². The first-order chi connectivity index (χ1) is 14.2. The molecule has 1 saturated carbocycles. The minimum absolute atomic E-state index is 0.0636. The number of hydrogen-bond donors (Lipinski definition) is 2. The average Bonchev–Trinajstić information content (AvgIpc) is 3.41. The number of pyridine rings is 1. The number of nitrogens with one attached hydrogen (secondary N) is 2. The average molecular weight is 395 g/mol. The summed E-state index contributed by atoms with van der Waals surface area (Å²) >= 11 is 0. The first-order valence-corrected chi connectivity index (χ1v) is 10.5. The summed E-state index contributed by atoms with van der Waals surface area (Å²) in [6, 6.07) is 8.24. The number of ether oxygens (including phenoxy) is 1. The Kier molecular flexibility index (Phi) is 4.89. The van der Waals surface area contributed by atoms with E-state index in [2.05, 4.69) is 33.5 Å². The lowest BCUT2D eigenvalue weighted by Crippen LogP contribution is -3.14. The van der Waals surface area contributed by atoms with Crippen LogP contribution in [-0.4, -0.2) is 51.5 Å². The lowest BCUT2D eigenvalue weighted by molar-refractivity contribution is -0.933. The number of quaternary nitrogens is 1. The lowest BCUT2D eigenvalue weighted by atomic mass is 10.0. The largest absolute Gasteiger partial charge is 0.370 e. The van der Waals surface area contributed by atoms with Crippen LogP contribution in [0.25, 0.3) is 10.9 Å². The Labute approximate surface area is 168 Å². The summed E-state index contributed by atoms with van der Waals surface area (Å²) in [6.07, 6.45) is 4.59. The molecule has 1 aliphatic heterocycles. The Balaban J connectivity index is 1.65. The van der Waals surface area contributed by atoms with Crippen LogP contribution in [0.2, 0.25) is 0 Å². The third-order valence-corrected chi connectivity index (χ3v) is 6.33. The second-order valence-corrected chi connectivity index (χ2v) is 8.27. The van der Waals surface area contributed by atoms with E-state index in [4.69, 9.17) is 4.74 Å². The molecule has 1 aromatic carbocycles.